The van der Waals surface area contributed by atoms with Crippen LogP contribution < -0.4 is 0 Å². The molecule has 0 radical (unpaired) electrons. The van der Waals surface area contributed by atoms with Gasteiger partial charge in [0.1, 0.15) is 0 Å². The summed E-state index contributed by atoms with van der Waals surface area (Å²) < 4.78 is 0. The van der Waals surface area contributed by atoms with Crippen molar-refractivity contribution in [2.75, 3.05) is 0 Å². The van der Waals surface area contributed by atoms with E-state index in [-0.39, 0.29) is 5.78 Å². The van der Waals surface area contributed by atoms with Gasteiger partial charge in [-0.3, -0.25) is 9.78 Å². The largest absolute Gasteiger partial charge is 0.289 e. The molecule has 0 aliphatic rings. The molecule has 0 saturated heterocycles. The summed E-state index contributed by atoms with van der Waals surface area (Å²) >= 11 is 0. The Morgan fingerprint density at radius 2 is 1.33 bits per heavy atom. The van der Waals surface area contributed by atoms with Crippen molar-refractivity contribution < 1.29 is 4.79 Å². The lowest BCUT2D eigenvalue weighted by Gasteiger charge is -2.07. The van der Waals surface area contributed by atoms with Crippen LogP contribution in [-0.2, 0) is 0 Å². The van der Waals surface area contributed by atoms with E-state index in [4.69, 9.17) is 0 Å². The minimum Gasteiger partial charge on any atom is -0.289 e. The molecule has 0 aliphatic heterocycles. The van der Waals surface area contributed by atoms with Crippen LogP contribution >= 0.6 is 0 Å². The summed E-state index contributed by atoms with van der Waals surface area (Å²) in [5.41, 5.74) is 6.57. The summed E-state index contributed by atoms with van der Waals surface area (Å²) in [5, 5.41) is 0. The molecule has 2 heteroatoms. The molecule has 0 amide bonds. The van der Waals surface area contributed by atoms with E-state index in [1.54, 1.807) is 0 Å². The molecule has 2 nitrogen and oxygen atoms in total. The highest BCUT2D eigenvalue weighted by Gasteiger charge is 2.11. The highest BCUT2D eigenvalue weighted by atomic mass is 16.1. The number of hydrogen-bond donors (Lipinski definition) is 0. The van der Waals surface area contributed by atoms with Crippen LogP contribution in [0.25, 0.3) is 22.4 Å². The fraction of sp³-hybridized carbons (Fsp3) is 0.0400. The molecular weight excluding hydrogens is 330 g/mol. The van der Waals surface area contributed by atoms with Crippen LogP contribution in [-0.4, -0.2) is 10.8 Å². The zero-order chi connectivity index (χ0) is 18.6. The summed E-state index contributed by atoms with van der Waals surface area (Å²) in [6.07, 6.45) is 1.88. The molecule has 0 fully saturated rings. The van der Waals surface area contributed by atoms with Gasteiger partial charge in [0.25, 0.3) is 0 Å². The normalized spacial score (nSPS) is 10.6. The Morgan fingerprint density at radius 1 is 0.667 bits per heavy atom. The third kappa shape index (κ3) is 3.56. The number of rotatable bonds is 4. The van der Waals surface area contributed by atoms with Gasteiger partial charge in [-0.15, -0.1) is 0 Å². The average Bonchev–Trinajstić information content (AvgIpc) is 2.74. The SMILES string of the molecule is Cc1ccccc1C(=O)c1ccc(-c2ccc(-c3ccccc3)nc2)cc1. The Hall–Kier alpha value is -3.52. The zero-order valence-electron chi connectivity index (χ0n) is 15.1. The van der Waals surface area contributed by atoms with Gasteiger partial charge >= 0.3 is 0 Å². The average molecular weight is 349 g/mol. The molecule has 0 aliphatic carbocycles. The van der Waals surface area contributed by atoms with Crippen LogP contribution in [0, 0.1) is 6.92 Å². The van der Waals surface area contributed by atoms with E-state index in [1.807, 2.05) is 98.0 Å². The number of pyridine rings is 1. The van der Waals surface area contributed by atoms with Gasteiger partial charge in [-0.25, -0.2) is 0 Å². The summed E-state index contributed by atoms with van der Waals surface area (Å²) in [6, 6.07) is 29.6. The monoisotopic (exact) mass is 349 g/mol. The molecule has 4 aromatic rings. The van der Waals surface area contributed by atoms with Gasteiger partial charge in [-0.1, -0.05) is 84.9 Å². The number of carbonyl (C=O) groups is 1. The minimum atomic E-state index is 0.0530. The summed E-state index contributed by atoms with van der Waals surface area (Å²) in [5.74, 6) is 0.0530. The third-order valence-electron chi connectivity index (χ3n) is 4.70. The van der Waals surface area contributed by atoms with Crippen molar-refractivity contribution in [1.82, 2.24) is 4.98 Å². The summed E-state index contributed by atoms with van der Waals surface area (Å²) in [4.78, 5) is 17.3. The molecule has 0 bridgehead atoms. The zero-order valence-corrected chi connectivity index (χ0v) is 15.1. The number of ketones is 1. The maximum Gasteiger partial charge on any atom is 0.193 e. The highest BCUT2D eigenvalue weighted by molar-refractivity contribution is 6.10. The van der Waals surface area contributed by atoms with Gasteiger partial charge in [0.15, 0.2) is 5.78 Å². The van der Waals surface area contributed by atoms with Gasteiger partial charge in [-0.05, 0) is 24.1 Å². The fourth-order valence-corrected chi connectivity index (χ4v) is 3.14. The lowest BCUT2D eigenvalue weighted by molar-refractivity contribution is 0.103. The number of aryl methyl sites for hydroxylation is 1. The van der Waals surface area contributed by atoms with Crippen molar-refractivity contribution >= 4 is 5.78 Å². The van der Waals surface area contributed by atoms with Gasteiger partial charge in [-0.2, -0.15) is 0 Å². The first kappa shape index (κ1) is 16.9. The molecule has 4 rings (SSSR count). The summed E-state index contributed by atoms with van der Waals surface area (Å²) in [7, 11) is 0. The molecule has 0 saturated carbocycles. The second-order valence-corrected chi connectivity index (χ2v) is 6.52. The molecule has 0 N–H and O–H groups in total. The Balaban J connectivity index is 1.57. The van der Waals surface area contributed by atoms with Crippen molar-refractivity contribution in [3.8, 4) is 22.4 Å². The first-order chi connectivity index (χ1) is 13.2. The maximum atomic E-state index is 12.7. The van der Waals surface area contributed by atoms with Crippen molar-refractivity contribution in [2.45, 2.75) is 6.92 Å². The Kier molecular flexibility index (Phi) is 4.63. The molecule has 1 aromatic heterocycles. The van der Waals surface area contributed by atoms with Crippen LogP contribution in [0.3, 0.4) is 0 Å². The van der Waals surface area contributed by atoms with Gasteiger partial charge in [0.2, 0.25) is 0 Å². The predicted octanol–water partition coefficient (Wildman–Crippen LogP) is 5.96. The fourth-order valence-electron chi connectivity index (χ4n) is 3.14. The lowest BCUT2D eigenvalue weighted by atomic mass is 9.97. The van der Waals surface area contributed by atoms with Crippen molar-refractivity contribution in [3.63, 3.8) is 0 Å². The predicted molar refractivity (Wildman–Crippen MR) is 110 cm³/mol. The standard InChI is InChI=1S/C25H19NO/c1-18-7-5-6-10-23(18)25(27)21-13-11-19(12-14-21)22-15-16-24(26-17-22)20-8-3-2-4-9-20/h2-17H,1H3. The van der Waals surface area contributed by atoms with E-state index in [0.717, 1.165) is 33.5 Å². The maximum absolute atomic E-state index is 12.7. The molecule has 0 spiro atoms. The number of carbonyl (C=O) groups excluding carboxylic acids is 1. The third-order valence-corrected chi connectivity index (χ3v) is 4.70. The molecule has 0 unspecified atom stereocenters. The molecular formula is C25H19NO. The number of hydrogen-bond acceptors (Lipinski definition) is 2. The molecule has 27 heavy (non-hydrogen) atoms. The van der Waals surface area contributed by atoms with Crippen molar-refractivity contribution in [3.05, 3.63) is 114 Å². The first-order valence-electron chi connectivity index (χ1n) is 8.94. The Morgan fingerprint density at radius 3 is 2.00 bits per heavy atom. The molecule has 3 aromatic carbocycles. The van der Waals surface area contributed by atoms with E-state index >= 15 is 0 Å². The van der Waals surface area contributed by atoms with E-state index < -0.39 is 0 Å². The lowest BCUT2D eigenvalue weighted by Crippen LogP contribution is -2.03. The molecule has 0 atom stereocenters. The van der Waals surface area contributed by atoms with E-state index in [2.05, 4.69) is 11.1 Å². The van der Waals surface area contributed by atoms with Gasteiger partial charge in [0.05, 0.1) is 5.69 Å². The van der Waals surface area contributed by atoms with E-state index in [1.165, 1.54) is 0 Å². The molecule has 1 heterocycles. The molecule has 130 valence electrons. The highest BCUT2D eigenvalue weighted by Crippen LogP contribution is 2.23. The topological polar surface area (TPSA) is 30.0 Å². The van der Waals surface area contributed by atoms with Crippen LogP contribution in [0.1, 0.15) is 21.5 Å². The van der Waals surface area contributed by atoms with E-state index in [9.17, 15) is 4.79 Å². The van der Waals surface area contributed by atoms with Gasteiger partial charge in [0, 0.05) is 28.5 Å². The van der Waals surface area contributed by atoms with Crippen LogP contribution in [0.5, 0.6) is 0 Å². The number of aromatic nitrogens is 1. The number of nitrogens with zero attached hydrogens (tertiary/aromatic N) is 1. The van der Waals surface area contributed by atoms with E-state index in [0.29, 0.717) is 5.56 Å². The van der Waals surface area contributed by atoms with Crippen LogP contribution in [0.2, 0.25) is 0 Å². The quantitative estimate of drug-likeness (QED) is 0.426. The second kappa shape index (κ2) is 7.38. The van der Waals surface area contributed by atoms with Gasteiger partial charge < -0.3 is 0 Å². The summed E-state index contributed by atoms with van der Waals surface area (Å²) in [6.45, 7) is 1.96. The Bertz CT molecular complexity index is 1070. The van der Waals surface area contributed by atoms with Crippen molar-refractivity contribution in [1.29, 1.82) is 0 Å². The van der Waals surface area contributed by atoms with Crippen LogP contribution in [0.4, 0.5) is 0 Å². The first-order valence-corrected chi connectivity index (χ1v) is 8.94. The smallest absolute Gasteiger partial charge is 0.193 e. The number of benzene rings is 3. The minimum absolute atomic E-state index is 0.0530. The second-order valence-electron chi connectivity index (χ2n) is 6.52. The Labute approximate surface area is 159 Å². The van der Waals surface area contributed by atoms with Crippen LogP contribution in [0.15, 0.2) is 97.2 Å². The van der Waals surface area contributed by atoms with Crippen molar-refractivity contribution in [2.24, 2.45) is 0 Å².